The highest BCUT2D eigenvalue weighted by atomic mass is 16.7. The van der Waals surface area contributed by atoms with Gasteiger partial charge in [0.05, 0.1) is 6.42 Å². The Morgan fingerprint density at radius 3 is 2.50 bits per heavy atom. The van der Waals surface area contributed by atoms with Gasteiger partial charge in [-0.05, 0) is 29.7 Å². The minimum absolute atomic E-state index is 0.0337. The summed E-state index contributed by atoms with van der Waals surface area (Å²) in [4.78, 5) is 10.8. The van der Waals surface area contributed by atoms with Crippen LogP contribution in [0.5, 0.6) is 11.5 Å². The summed E-state index contributed by atoms with van der Waals surface area (Å²) < 4.78 is 10.5. The number of rotatable bonds is 4. The highest BCUT2D eigenvalue weighted by Gasteiger charge is 2.17. The molecule has 0 spiro atoms. The van der Waals surface area contributed by atoms with Crippen LogP contribution in [0.1, 0.15) is 24.5 Å². The molecule has 86 valence electrons. The SMILES string of the molecule is CCCc1cc2c(cc1CC(=O)O)OCO2. The zero-order valence-electron chi connectivity index (χ0n) is 9.16. The predicted octanol–water partition coefficient (Wildman–Crippen LogP) is 1.99. The summed E-state index contributed by atoms with van der Waals surface area (Å²) in [5.74, 6) is 0.546. The average Bonchev–Trinajstić information content (AvgIpc) is 2.64. The molecule has 1 aliphatic heterocycles. The first-order valence-corrected chi connectivity index (χ1v) is 5.34. The molecule has 1 aromatic carbocycles. The molecule has 0 aliphatic carbocycles. The molecule has 16 heavy (non-hydrogen) atoms. The first-order valence-electron chi connectivity index (χ1n) is 5.34. The van der Waals surface area contributed by atoms with Crippen LogP contribution in [0.2, 0.25) is 0 Å². The summed E-state index contributed by atoms with van der Waals surface area (Å²) in [6, 6.07) is 3.67. The van der Waals surface area contributed by atoms with Crippen molar-refractivity contribution < 1.29 is 19.4 Å². The quantitative estimate of drug-likeness (QED) is 0.846. The number of hydrogen-bond donors (Lipinski definition) is 1. The van der Waals surface area contributed by atoms with Gasteiger partial charge in [-0.2, -0.15) is 0 Å². The summed E-state index contributed by atoms with van der Waals surface area (Å²) in [5.41, 5.74) is 1.85. The van der Waals surface area contributed by atoms with Gasteiger partial charge in [0.25, 0.3) is 0 Å². The molecular formula is C12H14O4. The van der Waals surface area contributed by atoms with Gasteiger partial charge in [-0.15, -0.1) is 0 Å². The molecule has 0 amide bonds. The van der Waals surface area contributed by atoms with Gasteiger partial charge in [0.15, 0.2) is 11.5 Å². The molecule has 0 saturated carbocycles. The van der Waals surface area contributed by atoms with E-state index in [1.807, 2.05) is 6.07 Å². The maximum absolute atomic E-state index is 10.8. The maximum atomic E-state index is 10.8. The molecule has 1 N–H and O–H groups in total. The van der Waals surface area contributed by atoms with Crippen molar-refractivity contribution in [3.8, 4) is 11.5 Å². The van der Waals surface area contributed by atoms with Crippen LogP contribution in [0, 0.1) is 0 Å². The van der Waals surface area contributed by atoms with E-state index >= 15 is 0 Å². The Bertz CT molecular complexity index is 412. The van der Waals surface area contributed by atoms with Crippen LogP contribution in [0.25, 0.3) is 0 Å². The Labute approximate surface area is 93.8 Å². The van der Waals surface area contributed by atoms with Crippen LogP contribution in [-0.4, -0.2) is 17.9 Å². The van der Waals surface area contributed by atoms with Crippen molar-refractivity contribution in [3.63, 3.8) is 0 Å². The minimum atomic E-state index is -0.823. The Balaban J connectivity index is 2.36. The maximum Gasteiger partial charge on any atom is 0.307 e. The van der Waals surface area contributed by atoms with E-state index in [0.29, 0.717) is 5.75 Å². The molecule has 1 aromatic rings. The Kier molecular flexibility index (Phi) is 2.99. The second-order valence-electron chi connectivity index (χ2n) is 3.79. The molecule has 1 aliphatic rings. The van der Waals surface area contributed by atoms with E-state index in [-0.39, 0.29) is 13.2 Å². The highest BCUT2D eigenvalue weighted by molar-refractivity contribution is 5.71. The second kappa shape index (κ2) is 4.43. The number of carboxylic acids is 1. The number of fused-ring (bicyclic) bond motifs is 1. The Morgan fingerprint density at radius 2 is 1.94 bits per heavy atom. The number of aryl methyl sites for hydroxylation is 1. The fraction of sp³-hybridized carbons (Fsp3) is 0.417. The standard InChI is InChI=1S/C12H14O4/c1-2-3-8-4-10-11(16-7-15-10)5-9(8)6-12(13)14/h4-5H,2-3,6-7H2,1H3,(H,13,14). The second-order valence-corrected chi connectivity index (χ2v) is 3.79. The van der Waals surface area contributed by atoms with E-state index in [1.54, 1.807) is 6.07 Å². The number of hydrogen-bond acceptors (Lipinski definition) is 3. The molecule has 0 radical (unpaired) electrons. The molecule has 0 bridgehead atoms. The van der Waals surface area contributed by atoms with Crippen molar-refractivity contribution in [1.29, 1.82) is 0 Å². The zero-order chi connectivity index (χ0) is 11.5. The largest absolute Gasteiger partial charge is 0.481 e. The molecule has 0 unspecified atom stereocenters. The van der Waals surface area contributed by atoms with Crippen molar-refractivity contribution in [1.82, 2.24) is 0 Å². The fourth-order valence-corrected chi connectivity index (χ4v) is 1.86. The van der Waals surface area contributed by atoms with Gasteiger partial charge < -0.3 is 14.6 Å². The molecular weight excluding hydrogens is 208 g/mol. The third kappa shape index (κ3) is 2.10. The van der Waals surface area contributed by atoms with Gasteiger partial charge >= 0.3 is 5.97 Å². The highest BCUT2D eigenvalue weighted by Crippen LogP contribution is 2.35. The van der Waals surface area contributed by atoms with E-state index < -0.39 is 5.97 Å². The number of benzene rings is 1. The lowest BCUT2D eigenvalue weighted by molar-refractivity contribution is -0.136. The van der Waals surface area contributed by atoms with Gasteiger partial charge in [0.1, 0.15) is 0 Å². The smallest absolute Gasteiger partial charge is 0.307 e. The number of ether oxygens (including phenoxy) is 2. The first kappa shape index (κ1) is 10.8. The van der Waals surface area contributed by atoms with Crippen molar-refractivity contribution in [2.24, 2.45) is 0 Å². The lowest BCUT2D eigenvalue weighted by atomic mass is 10.00. The number of aliphatic carboxylic acids is 1. The topological polar surface area (TPSA) is 55.8 Å². The molecule has 4 nitrogen and oxygen atoms in total. The zero-order valence-corrected chi connectivity index (χ0v) is 9.16. The summed E-state index contributed by atoms with van der Waals surface area (Å²) in [6.45, 7) is 2.28. The van der Waals surface area contributed by atoms with Gasteiger partial charge in [0.2, 0.25) is 6.79 Å². The Morgan fingerprint density at radius 1 is 1.31 bits per heavy atom. The van der Waals surface area contributed by atoms with E-state index in [4.69, 9.17) is 14.6 Å². The van der Waals surface area contributed by atoms with Crippen LogP contribution >= 0.6 is 0 Å². The van der Waals surface area contributed by atoms with Crippen LogP contribution in [0.15, 0.2) is 12.1 Å². The van der Waals surface area contributed by atoms with Crippen LogP contribution in [0.3, 0.4) is 0 Å². The predicted molar refractivity (Wildman–Crippen MR) is 57.9 cm³/mol. The normalized spacial score (nSPS) is 12.8. The fourth-order valence-electron chi connectivity index (χ4n) is 1.86. The first-order chi connectivity index (χ1) is 7.70. The average molecular weight is 222 g/mol. The van der Waals surface area contributed by atoms with Gasteiger partial charge in [0, 0.05) is 0 Å². The monoisotopic (exact) mass is 222 g/mol. The summed E-state index contributed by atoms with van der Waals surface area (Å²) >= 11 is 0. The van der Waals surface area contributed by atoms with E-state index in [1.165, 1.54) is 0 Å². The van der Waals surface area contributed by atoms with Crippen LogP contribution < -0.4 is 9.47 Å². The number of carbonyl (C=O) groups is 1. The van der Waals surface area contributed by atoms with E-state index in [9.17, 15) is 4.79 Å². The molecule has 0 fully saturated rings. The summed E-state index contributed by atoms with van der Waals surface area (Å²) in [6.07, 6.45) is 1.87. The Hall–Kier alpha value is -1.71. The molecule has 4 heteroatoms. The van der Waals surface area contributed by atoms with Crippen molar-refractivity contribution in [2.75, 3.05) is 6.79 Å². The molecule has 1 heterocycles. The van der Waals surface area contributed by atoms with Crippen LogP contribution in [0.4, 0.5) is 0 Å². The van der Waals surface area contributed by atoms with Crippen molar-refractivity contribution in [3.05, 3.63) is 23.3 Å². The van der Waals surface area contributed by atoms with Gasteiger partial charge in [-0.25, -0.2) is 0 Å². The molecule has 2 rings (SSSR count). The lowest BCUT2D eigenvalue weighted by Gasteiger charge is -2.08. The van der Waals surface area contributed by atoms with E-state index in [0.717, 1.165) is 29.7 Å². The third-order valence-corrected chi connectivity index (χ3v) is 2.56. The van der Waals surface area contributed by atoms with Crippen molar-refractivity contribution in [2.45, 2.75) is 26.2 Å². The van der Waals surface area contributed by atoms with E-state index in [2.05, 4.69) is 6.92 Å². The summed E-state index contributed by atoms with van der Waals surface area (Å²) in [7, 11) is 0. The number of carboxylic acid groups (broad SMARTS) is 1. The molecule has 0 atom stereocenters. The molecule has 0 aromatic heterocycles. The van der Waals surface area contributed by atoms with Gasteiger partial charge in [-0.3, -0.25) is 4.79 Å². The summed E-state index contributed by atoms with van der Waals surface area (Å²) in [5, 5.41) is 8.84. The third-order valence-electron chi connectivity index (χ3n) is 2.56. The minimum Gasteiger partial charge on any atom is -0.481 e. The van der Waals surface area contributed by atoms with Gasteiger partial charge in [-0.1, -0.05) is 13.3 Å². The van der Waals surface area contributed by atoms with Crippen LogP contribution in [-0.2, 0) is 17.6 Å². The molecule has 0 saturated heterocycles. The lowest BCUT2D eigenvalue weighted by Crippen LogP contribution is -2.03. The van der Waals surface area contributed by atoms with Crippen molar-refractivity contribution >= 4 is 5.97 Å².